The van der Waals surface area contributed by atoms with E-state index >= 15 is 0 Å². The average molecular weight is 276 g/mol. The quantitative estimate of drug-likeness (QED) is 0.721. The Hall–Kier alpha value is -0.0600. The Morgan fingerprint density at radius 1 is 1.50 bits per heavy atom. The van der Waals surface area contributed by atoms with Crippen molar-refractivity contribution in [3.63, 3.8) is 0 Å². The molecule has 0 aromatic carbocycles. The smallest absolute Gasteiger partial charge is 0.0626 e. The predicted octanol–water partition coefficient (Wildman–Crippen LogP) is 2.91. The largest absolute Gasteiger partial charge is 0.266 e. The summed E-state index contributed by atoms with van der Waals surface area (Å²) < 4.78 is 3.49. The van der Waals surface area contributed by atoms with E-state index in [4.69, 9.17) is 0 Å². The van der Waals surface area contributed by atoms with Crippen LogP contribution in [0.2, 0.25) is 0 Å². The third-order valence-electron chi connectivity index (χ3n) is 2.66. The van der Waals surface area contributed by atoms with E-state index in [1.807, 2.05) is 6.20 Å². The first-order chi connectivity index (χ1) is 5.79. The number of nitrogens with zero attached hydrogens (tertiary/aromatic N) is 2. The topological polar surface area (TPSA) is 17.8 Å². The molecule has 0 radical (unpaired) electrons. The van der Waals surface area contributed by atoms with Gasteiger partial charge >= 0.3 is 0 Å². The molecule has 1 fully saturated rings. The molecule has 1 aromatic heterocycles. The zero-order valence-corrected chi connectivity index (χ0v) is 9.41. The van der Waals surface area contributed by atoms with Crippen LogP contribution in [0.25, 0.3) is 0 Å². The summed E-state index contributed by atoms with van der Waals surface area (Å²) in [5.41, 5.74) is 1.34. The highest BCUT2D eigenvalue weighted by Crippen LogP contribution is 2.30. The summed E-state index contributed by atoms with van der Waals surface area (Å²) >= 11 is 2.35. The summed E-state index contributed by atoms with van der Waals surface area (Å²) in [6, 6.07) is 0.688. The number of hydrogen-bond acceptors (Lipinski definition) is 1. The molecular weight excluding hydrogens is 263 g/mol. The van der Waals surface area contributed by atoms with Crippen LogP contribution in [0.15, 0.2) is 6.20 Å². The van der Waals surface area contributed by atoms with E-state index in [0.717, 1.165) is 0 Å². The molecule has 1 saturated carbocycles. The lowest BCUT2D eigenvalue weighted by Crippen LogP contribution is -2.08. The summed E-state index contributed by atoms with van der Waals surface area (Å²) in [6.45, 7) is 2.16. The van der Waals surface area contributed by atoms with Crippen LogP contribution < -0.4 is 0 Å². The van der Waals surface area contributed by atoms with Crippen LogP contribution in [-0.4, -0.2) is 9.78 Å². The molecule has 66 valence electrons. The van der Waals surface area contributed by atoms with Crippen LogP contribution in [0.3, 0.4) is 0 Å². The van der Waals surface area contributed by atoms with Gasteiger partial charge in [-0.1, -0.05) is 12.8 Å². The SMILES string of the molecule is Cc1c(I)cnn1C1CCCC1. The molecule has 0 unspecified atom stereocenters. The van der Waals surface area contributed by atoms with E-state index < -0.39 is 0 Å². The molecule has 1 aromatic rings. The minimum absolute atomic E-state index is 0.688. The van der Waals surface area contributed by atoms with Gasteiger partial charge in [0, 0.05) is 5.69 Å². The number of rotatable bonds is 1. The first kappa shape index (κ1) is 8.53. The minimum Gasteiger partial charge on any atom is -0.266 e. The van der Waals surface area contributed by atoms with Gasteiger partial charge in [0.15, 0.2) is 0 Å². The normalized spacial score (nSPS) is 18.8. The fourth-order valence-corrected chi connectivity index (χ4v) is 2.29. The monoisotopic (exact) mass is 276 g/mol. The maximum Gasteiger partial charge on any atom is 0.0626 e. The molecule has 0 bridgehead atoms. The van der Waals surface area contributed by atoms with Crippen molar-refractivity contribution in [1.29, 1.82) is 0 Å². The van der Waals surface area contributed by atoms with Gasteiger partial charge in [-0.3, -0.25) is 4.68 Å². The maximum atomic E-state index is 4.41. The highest BCUT2D eigenvalue weighted by atomic mass is 127. The van der Waals surface area contributed by atoms with Gasteiger partial charge in [0.2, 0.25) is 0 Å². The second kappa shape index (κ2) is 3.36. The number of hydrogen-bond donors (Lipinski definition) is 0. The van der Waals surface area contributed by atoms with Crippen LogP contribution in [0.4, 0.5) is 0 Å². The molecule has 2 nitrogen and oxygen atoms in total. The van der Waals surface area contributed by atoms with Gasteiger partial charge in [0.05, 0.1) is 15.8 Å². The average Bonchev–Trinajstić information content (AvgIpc) is 2.64. The fraction of sp³-hybridized carbons (Fsp3) is 0.667. The Kier molecular flexibility index (Phi) is 2.39. The lowest BCUT2D eigenvalue weighted by atomic mass is 10.2. The predicted molar refractivity (Wildman–Crippen MR) is 57.2 cm³/mol. The molecule has 12 heavy (non-hydrogen) atoms. The zero-order valence-electron chi connectivity index (χ0n) is 7.26. The molecular formula is C9H13IN2. The Morgan fingerprint density at radius 3 is 2.67 bits per heavy atom. The minimum atomic E-state index is 0.688. The fourth-order valence-electron chi connectivity index (χ4n) is 1.92. The van der Waals surface area contributed by atoms with E-state index in [1.165, 1.54) is 34.9 Å². The standard InChI is InChI=1S/C9H13IN2/c1-7-9(10)6-11-12(7)8-4-2-3-5-8/h6,8H,2-5H2,1H3. The molecule has 0 aliphatic heterocycles. The zero-order chi connectivity index (χ0) is 8.55. The summed E-state index contributed by atoms with van der Waals surface area (Å²) in [5.74, 6) is 0. The summed E-state index contributed by atoms with van der Waals surface area (Å²) in [7, 11) is 0. The van der Waals surface area contributed by atoms with Gasteiger partial charge in [0.1, 0.15) is 0 Å². The summed E-state index contributed by atoms with van der Waals surface area (Å²) in [5, 5.41) is 4.41. The van der Waals surface area contributed by atoms with Gasteiger partial charge in [-0.15, -0.1) is 0 Å². The first-order valence-electron chi connectivity index (χ1n) is 4.48. The summed E-state index contributed by atoms with van der Waals surface area (Å²) in [4.78, 5) is 0. The van der Waals surface area contributed by atoms with Crippen molar-refractivity contribution >= 4 is 22.6 Å². The van der Waals surface area contributed by atoms with Crippen LogP contribution >= 0.6 is 22.6 Å². The van der Waals surface area contributed by atoms with Crippen molar-refractivity contribution in [1.82, 2.24) is 9.78 Å². The van der Waals surface area contributed by atoms with Crippen LogP contribution in [0.5, 0.6) is 0 Å². The third-order valence-corrected chi connectivity index (χ3v) is 3.71. The van der Waals surface area contributed by atoms with Gasteiger partial charge in [0.25, 0.3) is 0 Å². The van der Waals surface area contributed by atoms with Gasteiger partial charge in [-0.05, 0) is 42.4 Å². The van der Waals surface area contributed by atoms with Crippen molar-refractivity contribution in [3.05, 3.63) is 15.5 Å². The second-order valence-electron chi connectivity index (χ2n) is 3.46. The van der Waals surface area contributed by atoms with Crippen molar-refractivity contribution in [2.24, 2.45) is 0 Å². The first-order valence-corrected chi connectivity index (χ1v) is 5.56. The van der Waals surface area contributed by atoms with Crippen molar-refractivity contribution in [2.75, 3.05) is 0 Å². The van der Waals surface area contributed by atoms with E-state index in [9.17, 15) is 0 Å². The third kappa shape index (κ3) is 1.39. The van der Waals surface area contributed by atoms with Crippen LogP contribution in [0.1, 0.15) is 37.4 Å². The highest BCUT2D eigenvalue weighted by molar-refractivity contribution is 14.1. The highest BCUT2D eigenvalue weighted by Gasteiger charge is 2.19. The van der Waals surface area contributed by atoms with Gasteiger partial charge in [-0.2, -0.15) is 5.10 Å². The molecule has 0 atom stereocenters. The molecule has 2 rings (SSSR count). The van der Waals surface area contributed by atoms with Crippen LogP contribution in [0, 0.1) is 10.5 Å². The molecule has 3 heteroatoms. The molecule has 1 aliphatic carbocycles. The second-order valence-corrected chi connectivity index (χ2v) is 4.62. The molecule has 0 N–H and O–H groups in total. The van der Waals surface area contributed by atoms with Gasteiger partial charge < -0.3 is 0 Å². The van der Waals surface area contributed by atoms with E-state index in [-0.39, 0.29) is 0 Å². The van der Waals surface area contributed by atoms with E-state index in [0.29, 0.717) is 6.04 Å². The summed E-state index contributed by atoms with van der Waals surface area (Å²) in [6.07, 6.45) is 7.35. The molecule has 0 spiro atoms. The lowest BCUT2D eigenvalue weighted by Gasteiger charge is -2.11. The van der Waals surface area contributed by atoms with Crippen molar-refractivity contribution < 1.29 is 0 Å². The van der Waals surface area contributed by atoms with E-state index in [1.54, 1.807) is 0 Å². The van der Waals surface area contributed by atoms with Crippen molar-refractivity contribution in [2.45, 2.75) is 38.6 Å². The Morgan fingerprint density at radius 2 is 2.17 bits per heavy atom. The Balaban J connectivity index is 2.26. The van der Waals surface area contributed by atoms with E-state index in [2.05, 4.69) is 39.3 Å². The molecule has 1 heterocycles. The number of aromatic nitrogens is 2. The molecule has 0 amide bonds. The van der Waals surface area contributed by atoms with Gasteiger partial charge in [-0.25, -0.2) is 0 Å². The van der Waals surface area contributed by atoms with Crippen molar-refractivity contribution in [3.8, 4) is 0 Å². The molecule has 0 saturated heterocycles. The lowest BCUT2D eigenvalue weighted by molar-refractivity contribution is 0.456. The van der Waals surface area contributed by atoms with Crippen LogP contribution in [-0.2, 0) is 0 Å². The molecule has 1 aliphatic rings. The Labute approximate surface area is 86.5 Å². The number of halogens is 1. The maximum absolute atomic E-state index is 4.41. The Bertz CT molecular complexity index is 274.